The molecule has 1 atom stereocenters. The lowest BCUT2D eigenvalue weighted by atomic mass is 10.0. The Morgan fingerprint density at radius 2 is 1.77 bits per heavy atom. The van der Waals surface area contributed by atoms with E-state index in [2.05, 4.69) is 0 Å². The molecule has 1 unspecified atom stereocenters. The van der Waals surface area contributed by atoms with Crippen LogP contribution in [0.3, 0.4) is 0 Å². The summed E-state index contributed by atoms with van der Waals surface area (Å²) in [7, 11) is 0. The number of para-hydroxylation sites is 1. The lowest BCUT2D eigenvalue weighted by Crippen LogP contribution is -2.37. The lowest BCUT2D eigenvalue weighted by molar-refractivity contribution is -0.0241. The first kappa shape index (κ1) is 10.1. The van der Waals surface area contributed by atoms with Gasteiger partial charge in [-0.15, -0.1) is 0 Å². The number of benzene rings is 1. The summed E-state index contributed by atoms with van der Waals surface area (Å²) in [6.45, 7) is 5.33. The van der Waals surface area contributed by atoms with Gasteiger partial charge in [0.1, 0.15) is 11.9 Å². The molecule has 0 aliphatic heterocycles. The molecule has 72 valence electrons. The first-order valence-electron chi connectivity index (χ1n) is 4.44. The molecule has 1 aromatic carbocycles. The van der Waals surface area contributed by atoms with E-state index in [0.29, 0.717) is 0 Å². The normalized spacial score (nSPS) is 13.8. The van der Waals surface area contributed by atoms with Crippen molar-refractivity contribution in [2.45, 2.75) is 32.5 Å². The fourth-order valence-corrected chi connectivity index (χ4v) is 0.847. The highest BCUT2D eigenvalue weighted by Crippen LogP contribution is 2.17. The fraction of sp³-hybridized carbons (Fsp3) is 0.455. The molecule has 0 bridgehead atoms. The van der Waals surface area contributed by atoms with Crippen LogP contribution in [-0.2, 0) is 0 Å². The van der Waals surface area contributed by atoms with Crippen molar-refractivity contribution in [3.8, 4) is 5.75 Å². The molecule has 2 nitrogen and oxygen atoms in total. The van der Waals surface area contributed by atoms with E-state index in [4.69, 9.17) is 4.74 Å². The molecule has 1 rings (SSSR count). The molecule has 0 aromatic heterocycles. The minimum absolute atomic E-state index is 0.213. The first-order chi connectivity index (χ1) is 6.00. The maximum atomic E-state index is 9.62. The van der Waals surface area contributed by atoms with Crippen molar-refractivity contribution in [1.82, 2.24) is 0 Å². The minimum atomic E-state index is -0.810. The monoisotopic (exact) mass is 180 g/mol. The van der Waals surface area contributed by atoms with Gasteiger partial charge in [-0.25, -0.2) is 0 Å². The molecular formula is C11H16O2. The van der Waals surface area contributed by atoms with Crippen molar-refractivity contribution in [2.75, 3.05) is 0 Å². The Hall–Kier alpha value is -1.02. The van der Waals surface area contributed by atoms with Gasteiger partial charge in [0.2, 0.25) is 0 Å². The average Bonchev–Trinajstić information content (AvgIpc) is 2.04. The van der Waals surface area contributed by atoms with Crippen molar-refractivity contribution in [2.24, 2.45) is 0 Å². The summed E-state index contributed by atoms with van der Waals surface area (Å²) in [5.41, 5.74) is -0.810. The molecule has 1 aromatic rings. The number of rotatable bonds is 3. The molecule has 0 saturated carbocycles. The number of aliphatic hydroxyl groups is 1. The molecule has 0 amide bonds. The SMILES string of the molecule is CC(Oc1ccccc1)C(C)(C)O. The molecule has 0 aliphatic carbocycles. The van der Waals surface area contributed by atoms with Gasteiger partial charge in [0.15, 0.2) is 0 Å². The van der Waals surface area contributed by atoms with Crippen LogP contribution in [0.15, 0.2) is 30.3 Å². The van der Waals surface area contributed by atoms with Gasteiger partial charge < -0.3 is 9.84 Å². The van der Waals surface area contributed by atoms with Crippen molar-refractivity contribution in [3.63, 3.8) is 0 Å². The first-order valence-corrected chi connectivity index (χ1v) is 4.44. The van der Waals surface area contributed by atoms with E-state index in [9.17, 15) is 5.11 Å². The molecule has 0 spiro atoms. The standard InChI is InChI=1S/C11H16O2/c1-9(11(2,3)12)13-10-7-5-4-6-8-10/h4-9,12H,1-3H3. The van der Waals surface area contributed by atoms with Crippen LogP contribution in [0.1, 0.15) is 20.8 Å². The number of hydrogen-bond donors (Lipinski definition) is 1. The summed E-state index contributed by atoms with van der Waals surface area (Å²) in [5, 5.41) is 9.62. The van der Waals surface area contributed by atoms with E-state index in [-0.39, 0.29) is 6.10 Å². The van der Waals surface area contributed by atoms with Crippen LogP contribution >= 0.6 is 0 Å². The summed E-state index contributed by atoms with van der Waals surface area (Å²) in [4.78, 5) is 0. The van der Waals surface area contributed by atoms with Gasteiger partial charge >= 0.3 is 0 Å². The highest BCUT2D eigenvalue weighted by atomic mass is 16.5. The second-order valence-electron chi connectivity index (χ2n) is 3.73. The Morgan fingerprint density at radius 3 is 2.23 bits per heavy atom. The number of hydrogen-bond acceptors (Lipinski definition) is 2. The topological polar surface area (TPSA) is 29.5 Å². The van der Waals surface area contributed by atoms with Gasteiger partial charge in [-0.3, -0.25) is 0 Å². The quantitative estimate of drug-likeness (QED) is 0.772. The Balaban J connectivity index is 2.61. The van der Waals surface area contributed by atoms with E-state index < -0.39 is 5.60 Å². The third kappa shape index (κ3) is 3.07. The van der Waals surface area contributed by atoms with Gasteiger partial charge in [-0.2, -0.15) is 0 Å². The Bertz CT molecular complexity index is 249. The molecule has 0 heterocycles. The van der Waals surface area contributed by atoms with Crippen LogP contribution in [0.5, 0.6) is 5.75 Å². The molecule has 0 fully saturated rings. The maximum Gasteiger partial charge on any atom is 0.124 e. The fourth-order valence-electron chi connectivity index (χ4n) is 0.847. The highest BCUT2D eigenvalue weighted by molar-refractivity contribution is 5.21. The van der Waals surface area contributed by atoms with E-state index in [1.54, 1.807) is 13.8 Å². The summed E-state index contributed by atoms with van der Waals surface area (Å²) >= 11 is 0. The smallest absolute Gasteiger partial charge is 0.124 e. The van der Waals surface area contributed by atoms with Crippen molar-refractivity contribution >= 4 is 0 Å². The van der Waals surface area contributed by atoms with Crippen molar-refractivity contribution in [3.05, 3.63) is 30.3 Å². The summed E-state index contributed by atoms with van der Waals surface area (Å²) in [6.07, 6.45) is -0.213. The largest absolute Gasteiger partial charge is 0.488 e. The second-order valence-corrected chi connectivity index (χ2v) is 3.73. The molecule has 0 saturated heterocycles. The zero-order valence-electron chi connectivity index (χ0n) is 8.32. The summed E-state index contributed by atoms with van der Waals surface area (Å²) in [5.74, 6) is 0.789. The molecular weight excluding hydrogens is 164 g/mol. The molecule has 0 radical (unpaired) electrons. The van der Waals surface area contributed by atoms with Crippen molar-refractivity contribution in [1.29, 1.82) is 0 Å². The second kappa shape index (κ2) is 3.79. The lowest BCUT2D eigenvalue weighted by Gasteiger charge is -2.26. The predicted octanol–water partition coefficient (Wildman–Crippen LogP) is 2.22. The van der Waals surface area contributed by atoms with E-state index >= 15 is 0 Å². The van der Waals surface area contributed by atoms with E-state index in [1.165, 1.54) is 0 Å². The zero-order chi connectivity index (χ0) is 9.90. The van der Waals surface area contributed by atoms with E-state index in [1.807, 2.05) is 37.3 Å². The van der Waals surface area contributed by atoms with E-state index in [0.717, 1.165) is 5.75 Å². The Labute approximate surface area is 79.2 Å². The third-order valence-electron chi connectivity index (χ3n) is 2.05. The molecule has 2 heteroatoms. The van der Waals surface area contributed by atoms with Crippen LogP contribution < -0.4 is 4.74 Å². The average molecular weight is 180 g/mol. The summed E-state index contributed by atoms with van der Waals surface area (Å²) in [6, 6.07) is 9.50. The Kier molecular flexibility index (Phi) is 2.94. The van der Waals surface area contributed by atoms with Crippen LogP contribution in [-0.4, -0.2) is 16.8 Å². The molecule has 1 N–H and O–H groups in total. The van der Waals surface area contributed by atoms with Crippen LogP contribution in [0.2, 0.25) is 0 Å². The van der Waals surface area contributed by atoms with Gasteiger partial charge in [-0.05, 0) is 32.9 Å². The van der Waals surface area contributed by atoms with Gasteiger partial charge in [0.25, 0.3) is 0 Å². The molecule has 0 aliphatic rings. The maximum absolute atomic E-state index is 9.62. The predicted molar refractivity (Wildman–Crippen MR) is 52.8 cm³/mol. The Morgan fingerprint density at radius 1 is 1.23 bits per heavy atom. The third-order valence-corrected chi connectivity index (χ3v) is 2.05. The summed E-state index contributed by atoms with van der Waals surface area (Å²) < 4.78 is 5.53. The zero-order valence-corrected chi connectivity index (χ0v) is 8.32. The van der Waals surface area contributed by atoms with Crippen LogP contribution in [0.25, 0.3) is 0 Å². The van der Waals surface area contributed by atoms with Gasteiger partial charge in [0, 0.05) is 0 Å². The minimum Gasteiger partial charge on any atom is -0.488 e. The highest BCUT2D eigenvalue weighted by Gasteiger charge is 2.23. The van der Waals surface area contributed by atoms with Crippen LogP contribution in [0.4, 0.5) is 0 Å². The van der Waals surface area contributed by atoms with Gasteiger partial charge in [-0.1, -0.05) is 18.2 Å². The van der Waals surface area contributed by atoms with Crippen LogP contribution in [0, 0.1) is 0 Å². The van der Waals surface area contributed by atoms with Gasteiger partial charge in [0.05, 0.1) is 5.60 Å². The number of ether oxygens (including phenoxy) is 1. The molecule has 13 heavy (non-hydrogen) atoms. The van der Waals surface area contributed by atoms with Crippen molar-refractivity contribution < 1.29 is 9.84 Å².